The normalized spacial score (nSPS) is 10.5. The van der Waals surface area contributed by atoms with Gasteiger partial charge in [-0.15, -0.1) is 24.0 Å². The minimum absolute atomic E-state index is 0. The fourth-order valence-corrected chi connectivity index (χ4v) is 2.42. The maximum atomic E-state index is 13.9. The van der Waals surface area contributed by atoms with E-state index in [-0.39, 0.29) is 36.3 Å². The van der Waals surface area contributed by atoms with Gasteiger partial charge in [-0.1, -0.05) is 12.1 Å². The van der Waals surface area contributed by atoms with E-state index in [4.69, 9.17) is 10.00 Å². The highest BCUT2D eigenvalue weighted by molar-refractivity contribution is 14.0. The average molecular weight is 468 g/mol. The summed E-state index contributed by atoms with van der Waals surface area (Å²) in [7, 11) is 5.21. The molecule has 0 aliphatic rings. The quantitative estimate of drug-likeness (QED) is 0.415. The van der Waals surface area contributed by atoms with Gasteiger partial charge in [-0.05, 0) is 35.9 Å². The molecule has 5 nitrogen and oxygen atoms in total. The highest BCUT2D eigenvalue weighted by atomic mass is 127. The first-order valence-corrected chi connectivity index (χ1v) is 7.80. The Morgan fingerprint density at radius 2 is 1.96 bits per heavy atom. The number of guanidine groups is 1. The van der Waals surface area contributed by atoms with E-state index in [0.29, 0.717) is 23.6 Å². The fourth-order valence-electron chi connectivity index (χ4n) is 2.42. The number of nitrogens with zero attached hydrogens (tertiary/aromatic N) is 3. The van der Waals surface area contributed by atoms with Gasteiger partial charge in [-0.3, -0.25) is 4.99 Å². The number of aliphatic imine (C=N–C) groups is 1. The van der Waals surface area contributed by atoms with Crippen LogP contribution in [0.4, 0.5) is 4.39 Å². The monoisotopic (exact) mass is 468 g/mol. The Bertz CT molecular complexity index is 787. The summed E-state index contributed by atoms with van der Waals surface area (Å²) in [5.74, 6) is 1.10. The molecular formula is C19H22FIN4O. The zero-order valence-electron chi connectivity index (χ0n) is 15.0. The first-order chi connectivity index (χ1) is 12.1. The fraction of sp³-hybridized carbons (Fsp3) is 0.263. The summed E-state index contributed by atoms with van der Waals surface area (Å²) >= 11 is 0. The Kier molecular flexibility index (Phi) is 8.85. The van der Waals surface area contributed by atoms with Crippen LogP contribution in [-0.4, -0.2) is 32.1 Å². The van der Waals surface area contributed by atoms with Gasteiger partial charge in [0.15, 0.2) is 5.96 Å². The van der Waals surface area contributed by atoms with Crippen LogP contribution in [0.3, 0.4) is 0 Å². The SMILES string of the molecule is CN=C(NCc1cc(C#N)ccc1F)N(C)Cc1ccc(OC)cc1.I. The van der Waals surface area contributed by atoms with Crippen LogP contribution in [0.5, 0.6) is 5.75 Å². The van der Waals surface area contributed by atoms with E-state index >= 15 is 0 Å². The summed E-state index contributed by atoms with van der Waals surface area (Å²) in [5.41, 5.74) is 1.96. The molecule has 0 unspecified atom stereocenters. The van der Waals surface area contributed by atoms with Gasteiger partial charge in [0.2, 0.25) is 0 Å². The lowest BCUT2D eigenvalue weighted by molar-refractivity contribution is 0.414. The second kappa shape index (κ2) is 10.6. The zero-order valence-corrected chi connectivity index (χ0v) is 17.3. The van der Waals surface area contributed by atoms with Crippen molar-refractivity contribution in [2.75, 3.05) is 21.2 Å². The van der Waals surface area contributed by atoms with Crippen LogP contribution in [0.25, 0.3) is 0 Å². The summed E-state index contributed by atoms with van der Waals surface area (Å²) in [6.07, 6.45) is 0. The summed E-state index contributed by atoms with van der Waals surface area (Å²) in [6.45, 7) is 0.894. The van der Waals surface area contributed by atoms with Crippen molar-refractivity contribution < 1.29 is 9.13 Å². The second-order valence-electron chi connectivity index (χ2n) is 5.52. The van der Waals surface area contributed by atoms with Crippen LogP contribution >= 0.6 is 24.0 Å². The number of nitrogens with one attached hydrogen (secondary N) is 1. The summed E-state index contributed by atoms with van der Waals surface area (Å²) in [4.78, 5) is 6.16. The molecule has 0 spiro atoms. The molecule has 0 radical (unpaired) electrons. The van der Waals surface area contributed by atoms with E-state index in [1.807, 2.05) is 42.3 Å². The topological polar surface area (TPSA) is 60.7 Å². The third-order valence-corrected chi connectivity index (χ3v) is 3.76. The molecule has 0 saturated heterocycles. The summed E-state index contributed by atoms with van der Waals surface area (Å²) in [6, 6.07) is 14.1. The second-order valence-corrected chi connectivity index (χ2v) is 5.52. The van der Waals surface area contributed by atoms with Gasteiger partial charge in [0.1, 0.15) is 11.6 Å². The number of nitriles is 1. The Balaban J connectivity index is 0.00000338. The van der Waals surface area contributed by atoms with Crippen molar-refractivity contribution in [2.45, 2.75) is 13.1 Å². The van der Waals surface area contributed by atoms with Crippen LogP contribution in [0, 0.1) is 17.1 Å². The third-order valence-electron chi connectivity index (χ3n) is 3.76. The van der Waals surface area contributed by atoms with Gasteiger partial charge >= 0.3 is 0 Å². The summed E-state index contributed by atoms with van der Waals surface area (Å²) in [5, 5.41) is 12.1. The predicted molar refractivity (Wildman–Crippen MR) is 111 cm³/mol. The molecule has 0 saturated carbocycles. The lowest BCUT2D eigenvalue weighted by atomic mass is 10.1. The molecule has 0 aliphatic carbocycles. The van der Waals surface area contributed by atoms with Crippen molar-refractivity contribution in [3.05, 3.63) is 65.0 Å². The van der Waals surface area contributed by atoms with Crippen LogP contribution in [0.15, 0.2) is 47.5 Å². The first kappa shape index (κ1) is 21.7. The van der Waals surface area contributed by atoms with Crippen LogP contribution in [-0.2, 0) is 13.1 Å². The molecule has 2 aromatic carbocycles. The predicted octanol–water partition coefficient (Wildman–Crippen LogP) is 3.53. The van der Waals surface area contributed by atoms with Crippen molar-refractivity contribution in [1.82, 2.24) is 10.2 Å². The molecule has 2 aromatic rings. The Labute approximate surface area is 170 Å². The highest BCUT2D eigenvalue weighted by Crippen LogP contribution is 2.13. The lowest BCUT2D eigenvalue weighted by Gasteiger charge is -2.22. The van der Waals surface area contributed by atoms with Gasteiger partial charge < -0.3 is 15.0 Å². The largest absolute Gasteiger partial charge is 0.497 e. The van der Waals surface area contributed by atoms with E-state index in [1.165, 1.54) is 12.1 Å². The van der Waals surface area contributed by atoms with Gasteiger partial charge in [0.25, 0.3) is 0 Å². The zero-order chi connectivity index (χ0) is 18.2. The van der Waals surface area contributed by atoms with Crippen molar-refractivity contribution >= 4 is 29.9 Å². The number of ether oxygens (including phenoxy) is 1. The van der Waals surface area contributed by atoms with E-state index in [0.717, 1.165) is 11.3 Å². The first-order valence-electron chi connectivity index (χ1n) is 7.80. The Morgan fingerprint density at radius 3 is 2.54 bits per heavy atom. The average Bonchev–Trinajstić information content (AvgIpc) is 2.64. The molecule has 0 aliphatic heterocycles. The van der Waals surface area contributed by atoms with Crippen LogP contribution in [0.1, 0.15) is 16.7 Å². The number of hydrogen-bond donors (Lipinski definition) is 1. The maximum Gasteiger partial charge on any atom is 0.193 e. The molecule has 1 N–H and O–H groups in total. The molecule has 26 heavy (non-hydrogen) atoms. The number of methoxy groups -OCH3 is 1. The van der Waals surface area contributed by atoms with Crippen LogP contribution in [0.2, 0.25) is 0 Å². The standard InChI is InChI=1S/C19H21FN4O.HI/c1-22-19(23-12-16-10-15(11-21)6-9-18(16)20)24(2)13-14-4-7-17(25-3)8-5-14;/h4-10H,12-13H2,1-3H3,(H,22,23);1H. The Hall–Kier alpha value is -2.34. The van der Waals surface area contributed by atoms with E-state index in [9.17, 15) is 4.39 Å². The van der Waals surface area contributed by atoms with Crippen molar-refractivity contribution in [3.63, 3.8) is 0 Å². The van der Waals surface area contributed by atoms with Gasteiger partial charge in [0.05, 0.1) is 18.7 Å². The van der Waals surface area contributed by atoms with Gasteiger partial charge in [0, 0.05) is 32.7 Å². The van der Waals surface area contributed by atoms with E-state index in [1.54, 1.807) is 20.2 Å². The molecule has 0 atom stereocenters. The Morgan fingerprint density at radius 1 is 1.27 bits per heavy atom. The van der Waals surface area contributed by atoms with Crippen LogP contribution < -0.4 is 10.1 Å². The maximum absolute atomic E-state index is 13.9. The van der Waals surface area contributed by atoms with E-state index in [2.05, 4.69) is 10.3 Å². The minimum atomic E-state index is -0.347. The third kappa shape index (κ3) is 5.88. The van der Waals surface area contributed by atoms with Crippen molar-refractivity contribution in [1.29, 1.82) is 5.26 Å². The molecule has 2 rings (SSSR count). The highest BCUT2D eigenvalue weighted by Gasteiger charge is 2.09. The molecule has 0 amide bonds. The number of hydrogen-bond acceptors (Lipinski definition) is 3. The molecule has 7 heteroatoms. The molecular weight excluding hydrogens is 446 g/mol. The van der Waals surface area contributed by atoms with Crippen molar-refractivity contribution in [2.24, 2.45) is 4.99 Å². The summed E-state index contributed by atoms with van der Waals surface area (Å²) < 4.78 is 19.0. The lowest BCUT2D eigenvalue weighted by Crippen LogP contribution is -2.38. The number of rotatable bonds is 5. The van der Waals surface area contributed by atoms with Gasteiger partial charge in [-0.2, -0.15) is 5.26 Å². The molecule has 138 valence electrons. The van der Waals surface area contributed by atoms with Gasteiger partial charge in [-0.25, -0.2) is 4.39 Å². The molecule has 0 bridgehead atoms. The van der Waals surface area contributed by atoms with E-state index < -0.39 is 0 Å². The molecule has 0 fully saturated rings. The number of halogens is 2. The van der Waals surface area contributed by atoms with Crippen molar-refractivity contribution in [3.8, 4) is 11.8 Å². The molecule has 0 heterocycles. The number of benzene rings is 2. The molecule has 0 aromatic heterocycles. The smallest absolute Gasteiger partial charge is 0.193 e. The minimum Gasteiger partial charge on any atom is -0.497 e.